The van der Waals surface area contributed by atoms with E-state index >= 15 is 0 Å². The van der Waals surface area contributed by atoms with Gasteiger partial charge in [-0.15, -0.1) is 6.42 Å². The standard InChI is InChI=1S/C14H24N2/c1-5-12(4)16-9-13-7-6-8-15(13)10-14(16)11(2)3/h1,11-14H,6-10H2,2-4H3. The molecule has 0 spiro atoms. The van der Waals surface area contributed by atoms with Gasteiger partial charge in [0.25, 0.3) is 0 Å². The Kier molecular flexibility index (Phi) is 3.56. The van der Waals surface area contributed by atoms with Crippen LogP contribution in [-0.2, 0) is 0 Å². The van der Waals surface area contributed by atoms with Crippen LogP contribution in [0.1, 0.15) is 33.6 Å². The van der Waals surface area contributed by atoms with Gasteiger partial charge in [0.2, 0.25) is 0 Å². The van der Waals surface area contributed by atoms with Crippen molar-refractivity contribution in [3.63, 3.8) is 0 Å². The van der Waals surface area contributed by atoms with Crippen LogP contribution in [0.4, 0.5) is 0 Å². The molecule has 3 atom stereocenters. The van der Waals surface area contributed by atoms with E-state index in [1.54, 1.807) is 0 Å². The Morgan fingerprint density at radius 3 is 2.62 bits per heavy atom. The molecule has 2 heterocycles. The summed E-state index contributed by atoms with van der Waals surface area (Å²) in [5.41, 5.74) is 0. The first-order valence-corrected chi connectivity index (χ1v) is 6.59. The first-order chi connectivity index (χ1) is 7.63. The van der Waals surface area contributed by atoms with Crippen LogP contribution in [0.25, 0.3) is 0 Å². The minimum Gasteiger partial charge on any atom is -0.298 e. The topological polar surface area (TPSA) is 6.48 Å². The molecule has 0 aromatic heterocycles. The van der Waals surface area contributed by atoms with Gasteiger partial charge in [-0.3, -0.25) is 9.80 Å². The second kappa shape index (κ2) is 4.77. The van der Waals surface area contributed by atoms with Gasteiger partial charge in [-0.25, -0.2) is 0 Å². The maximum atomic E-state index is 5.60. The van der Waals surface area contributed by atoms with E-state index in [2.05, 4.69) is 36.5 Å². The van der Waals surface area contributed by atoms with Crippen molar-refractivity contribution in [2.24, 2.45) is 5.92 Å². The first-order valence-electron chi connectivity index (χ1n) is 6.59. The molecule has 0 saturated carbocycles. The summed E-state index contributed by atoms with van der Waals surface area (Å²) >= 11 is 0. The average Bonchev–Trinajstić information content (AvgIpc) is 2.73. The number of piperazine rings is 1. The third-order valence-corrected chi connectivity index (χ3v) is 4.28. The summed E-state index contributed by atoms with van der Waals surface area (Å²) in [5.74, 6) is 3.60. The van der Waals surface area contributed by atoms with Crippen molar-refractivity contribution < 1.29 is 0 Å². The largest absolute Gasteiger partial charge is 0.298 e. The quantitative estimate of drug-likeness (QED) is 0.655. The molecule has 0 radical (unpaired) electrons. The highest BCUT2D eigenvalue weighted by molar-refractivity contribution is 5.03. The van der Waals surface area contributed by atoms with E-state index in [0.717, 1.165) is 6.04 Å². The van der Waals surface area contributed by atoms with E-state index in [4.69, 9.17) is 6.42 Å². The fraction of sp³-hybridized carbons (Fsp3) is 0.857. The maximum Gasteiger partial charge on any atom is 0.0686 e. The van der Waals surface area contributed by atoms with Gasteiger partial charge in [0, 0.05) is 25.2 Å². The Morgan fingerprint density at radius 2 is 2.00 bits per heavy atom. The molecule has 2 saturated heterocycles. The third kappa shape index (κ3) is 2.12. The van der Waals surface area contributed by atoms with E-state index in [-0.39, 0.29) is 6.04 Å². The van der Waals surface area contributed by atoms with Crippen LogP contribution in [0, 0.1) is 18.3 Å². The Hall–Kier alpha value is -0.520. The van der Waals surface area contributed by atoms with Gasteiger partial charge in [0.15, 0.2) is 0 Å². The summed E-state index contributed by atoms with van der Waals surface area (Å²) in [5, 5.41) is 0. The molecule has 90 valence electrons. The van der Waals surface area contributed by atoms with E-state index < -0.39 is 0 Å². The molecular weight excluding hydrogens is 196 g/mol. The zero-order valence-electron chi connectivity index (χ0n) is 10.8. The molecule has 2 heteroatoms. The van der Waals surface area contributed by atoms with Gasteiger partial charge in [0.05, 0.1) is 6.04 Å². The molecule has 0 N–H and O–H groups in total. The fourth-order valence-electron chi connectivity index (χ4n) is 3.20. The summed E-state index contributed by atoms with van der Waals surface area (Å²) < 4.78 is 0. The molecule has 0 aromatic rings. The third-order valence-electron chi connectivity index (χ3n) is 4.28. The fourth-order valence-corrected chi connectivity index (χ4v) is 3.20. The van der Waals surface area contributed by atoms with Crippen LogP contribution in [0.5, 0.6) is 0 Å². The lowest BCUT2D eigenvalue weighted by atomic mass is 9.96. The van der Waals surface area contributed by atoms with Gasteiger partial charge in [-0.1, -0.05) is 19.8 Å². The molecule has 3 unspecified atom stereocenters. The van der Waals surface area contributed by atoms with Crippen molar-refractivity contribution in [3.8, 4) is 12.3 Å². The van der Waals surface area contributed by atoms with E-state index in [1.807, 2.05) is 0 Å². The average molecular weight is 220 g/mol. The second-order valence-electron chi connectivity index (χ2n) is 5.64. The molecule has 2 aliphatic heterocycles. The van der Waals surface area contributed by atoms with Crippen LogP contribution in [-0.4, -0.2) is 47.6 Å². The normalized spacial score (nSPS) is 33.7. The van der Waals surface area contributed by atoms with Crippen molar-refractivity contribution in [3.05, 3.63) is 0 Å². The van der Waals surface area contributed by atoms with Crippen LogP contribution in [0.2, 0.25) is 0 Å². The highest BCUT2D eigenvalue weighted by atomic mass is 15.3. The zero-order valence-corrected chi connectivity index (χ0v) is 10.8. The maximum absolute atomic E-state index is 5.60. The molecule has 0 bridgehead atoms. The SMILES string of the molecule is C#CC(C)N1CC2CCCN2CC1C(C)C. The van der Waals surface area contributed by atoms with E-state index in [9.17, 15) is 0 Å². The molecule has 0 aromatic carbocycles. The Labute approximate surface area is 100.0 Å². The van der Waals surface area contributed by atoms with Crippen molar-refractivity contribution in [2.45, 2.75) is 51.7 Å². The van der Waals surface area contributed by atoms with Crippen LogP contribution >= 0.6 is 0 Å². The van der Waals surface area contributed by atoms with Crippen molar-refractivity contribution in [1.82, 2.24) is 9.80 Å². The monoisotopic (exact) mass is 220 g/mol. The molecule has 0 amide bonds. The number of nitrogens with zero attached hydrogens (tertiary/aromatic N) is 2. The predicted octanol–water partition coefficient (Wildman–Crippen LogP) is 1.81. The Morgan fingerprint density at radius 1 is 1.25 bits per heavy atom. The van der Waals surface area contributed by atoms with E-state index in [1.165, 1.54) is 32.5 Å². The highest BCUT2D eigenvalue weighted by Crippen LogP contribution is 2.28. The van der Waals surface area contributed by atoms with Crippen molar-refractivity contribution in [1.29, 1.82) is 0 Å². The number of rotatable bonds is 2. The molecule has 16 heavy (non-hydrogen) atoms. The molecule has 2 fully saturated rings. The minimum atomic E-state index is 0.287. The Balaban J connectivity index is 2.11. The zero-order chi connectivity index (χ0) is 11.7. The summed E-state index contributed by atoms with van der Waals surface area (Å²) in [4.78, 5) is 5.22. The van der Waals surface area contributed by atoms with Crippen molar-refractivity contribution >= 4 is 0 Å². The molecule has 2 nitrogen and oxygen atoms in total. The lowest BCUT2D eigenvalue weighted by molar-refractivity contribution is 0.0184. The van der Waals surface area contributed by atoms with Gasteiger partial charge < -0.3 is 0 Å². The predicted molar refractivity (Wildman–Crippen MR) is 68.2 cm³/mol. The van der Waals surface area contributed by atoms with Crippen LogP contribution < -0.4 is 0 Å². The second-order valence-corrected chi connectivity index (χ2v) is 5.64. The number of terminal acetylenes is 1. The van der Waals surface area contributed by atoms with Crippen LogP contribution in [0.3, 0.4) is 0 Å². The van der Waals surface area contributed by atoms with Crippen LogP contribution in [0.15, 0.2) is 0 Å². The summed E-state index contributed by atoms with van der Waals surface area (Å²) in [7, 11) is 0. The van der Waals surface area contributed by atoms with Gasteiger partial charge in [-0.05, 0) is 32.2 Å². The summed E-state index contributed by atoms with van der Waals surface area (Å²) in [6.07, 6.45) is 8.33. The Bertz CT molecular complexity index is 279. The number of hydrogen-bond donors (Lipinski definition) is 0. The van der Waals surface area contributed by atoms with Crippen molar-refractivity contribution in [2.75, 3.05) is 19.6 Å². The first kappa shape index (κ1) is 12.0. The minimum absolute atomic E-state index is 0.287. The summed E-state index contributed by atoms with van der Waals surface area (Å²) in [6, 6.07) is 1.70. The number of fused-ring (bicyclic) bond motifs is 1. The molecule has 2 rings (SSSR count). The summed E-state index contributed by atoms with van der Waals surface area (Å²) in [6.45, 7) is 10.5. The highest BCUT2D eigenvalue weighted by Gasteiger charge is 2.38. The lowest BCUT2D eigenvalue weighted by Crippen LogP contribution is -2.59. The van der Waals surface area contributed by atoms with Gasteiger partial charge in [-0.2, -0.15) is 0 Å². The van der Waals surface area contributed by atoms with Gasteiger partial charge >= 0.3 is 0 Å². The lowest BCUT2D eigenvalue weighted by Gasteiger charge is -2.47. The van der Waals surface area contributed by atoms with E-state index in [0.29, 0.717) is 12.0 Å². The smallest absolute Gasteiger partial charge is 0.0686 e. The number of hydrogen-bond acceptors (Lipinski definition) is 2. The molecule has 0 aliphatic carbocycles. The molecule has 2 aliphatic rings. The van der Waals surface area contributed by atoms with Gasteiger partial charge in [0.1, 0.15) is 0 Å². The molecular formula is C14H24N2.